The second kappa shape index (κ2) is 6.28. The minimum Gasteiger partial charge on any atom is -0.288 e. The molecule has 2 amide bonds. The maximum atomic E-state index is 12.4. The zero-order valence-electron chi connectivity index (χ0n) is 17.9. The highest BCUT2D eigenvalue weighted by molar-refractivity contribution is 6.27. The summed E-state index contributed by atoms with van der Waals surface area (Å²) in [5, 5.41) is 4.14. The molecule has 0 spiro atoms. The molecular weight excluding hydrogens is 358 g/mol. The average molecular weight is 386 g/mol. The second-order valence-corrected chi connectivity index (χ2v) is 9.90. The smallest absolute Gasteiger partial charge is 0.258 e. The highest BCUT2D eigenvalue weighted by atomic mass is 16.2. The summed E-state index contributed by atoms with van der Waals surface area (Å²) in [6, 6.07) is 16.0. The lowest BCUT2D eigenvalue weighted by Crippen LogP contribution is -2.34. The molecule has 29 heavy (non-hydrogen) atoms. The monoisotopic (exact) mass is 385 g/mol. The van der Waals surface area contributed by atoms with Crippen LogP contribution in [0.25, 0.3) is 21.9 Å². The van der Waals surface area contributed by atoms with Gasteiger partial charge in [-0.15, -0.1) is 0 Å². The van der Waals surface area contributed by atoms with Crippen molar-refractivity contribution in [3.05, 3.63) is 70.8 Å². The Kier molecular flexibility index (Phi) is 4.20. The number of imide groups is 1. The Morgan fingerprint density at radius 3 is 1.79 bits per heavy atom. The molecule has 0 fully saturated rings. The third kappa shape index (κ3) is 3.05. The lowest BCUT2D eigenvalue weighted by Gasteiger charge is -2.33. The first-order chi connectivity index (χ1) is 13.5. The number of carbonyl (C=O) groups excluding carboxylic acids is 2. The van der Waals surface area contributed by atoms with Crippen molar-refractivity contribution in [1.29, 1.82) is 0 Å². The first-order valence-corrected chi connectivity index (χ1v) is 10.1. The van der Waals surface area contributed by atoms with Crippen molar-refractivity contribution < 1.29 is 9.59 Å². The topological polar surface area (TPSA) is 46.2 Å². The fourth-order valence-corrected chi connectivity index (χ4v) is 4.47. The first-order valence-electron chi connectivity index (χ1n) is 10.1. The van der Waals surface area contributed by atoms with Crippen molar-refractivity contribution in [3.8, 4) is 11.1 Å². The molecule has 0 aromatic heterocycles. The maximum Gasteiger partial charge on any atom is 0.258 e. The van der Waals surface area contributed by atoms with Crippen LogP contribution in [0.5, 0.6) is 0 Å². The molecule has 1 aliphatic heterocycles. The van der Waals surface area contributed by atoms with Crippen molar-refractivity contribution >= 4 is 22.6 Å². The molecule has 3 aromatic rings. The molecule has 0 aliphatic carbocycles. The predicted molar refractivity (Wildman–Crippen MR) is 119 cm³/mol. The third-order valence-electron chi connectivity index (χ3n) is 5.67. The van der Waals surface area contributed by atoms with E-state index in [-0.39, 0.29) is 22.6 Å². The summed E-state index contributed by atoms with van der Waals surface area (Å²) >= 11 is 0. The minimum absolute atomic E-state index is 0.000810. The van der Waals surface area contributed by atoms with Gasteiger partial charge in [0.2, 0.25) is 0 Å². The van der Waals surface area contributed by atoms with Gasteiger partial charge in [0, 0.05) is 16.5 Å². The molecule has 1 N–H and O–H groups in total. The van der Waals surface area contributed by atoms with Crippen LogP contribution in [0.3, 0.4) is 0 Å². The molecule has 1 heterocycles. The summed E-state index contributed by atoms with van der Waals surface area (Å²) in [6.07, 6.45) is 0. The van der Waals surface area contributed by atoms with Crippen LogP contribution in [0.4, 0.5) is 0 Å². The van der Waals surface area contributed by atoms with E-state index in [0.717, 1.165) is 21.9 Å². The zero-order valence-corrected chi connectivity index (χ0v) is 17.9. The largest absolute Gasteiger partial charge is 0.288 e. The predicted octanol–water partition coefficient (Wildman–Crippen LogP) is 5.99. The van der Waals surface area contributed by atoms with Gasteiger partial charge in [-0.3, -0.25) is 14.9 Å². The lowest BCUT2D eigenvalue weighted by molar-refractivity contribution is 0.0845. The van der Waals surface area contributed by atoms with Crippen LogP contribution in [-0.2, 0) is 10.8 Å². The summed E-state index contributed by atoms with van der Waals surface area (Å²) in [7, 11) is 0. The molecule has 1 aliphatic rings. The summed E-state index contributed by atoms with van der Waals surface area (Å²) < 4.78 is 0. The van der Waals surface area contributed by atoms with E-state index in [0.29, 0.717) is 11.1 Å². The number of rotatable bonds is 1. The van der Waals surface area contributed by atoms with Gasteiger partial charge >= 0.3 is 0 Å². The van der Waals surface area contributed by atoms with Crippen molar-refractivity contribution in [3.63, 3.8) is 0 Å². The SMILES string of the molecule is CC(C)(C)c1cccc(-c2ccc3c4c(cccc24)C(=O)NC3=O)c1C(C)(C)C. The van der Waals surface area contributed by atoms with Crippen LogP contribution < -0.4 is 5.32 Å². The van der Waals surface area contributed by atoms with E-state index in [2.05, 4.69) is 65.1 Å². The Morgan fingerprint density at radius 1 is 0.621 bits per heavy atom. The molecule has 0 bridgehead atoms. The summed E-state index contributed by atoms with van der Waals surface area (Å²) in [5.74, 6) is -0.658. The van der Waals surface area contributed by atoms with Crippen LogP contribution >= 0.6 is 0 Å². The van der Waals surface area contributed by atoms with Crippen molar-refractivity contribution in [1.82, 2.24) is 5.32 Å². The van der Waals surface area contributed by atoms with Gasteiger partial charge in [-0.05, 0) is 50.6 Å². The highest BCUT2D eigenvalue weighted by Gasteiger charge is 2.30. The first kappa shape index (κ1) is 19.4. The van der Waals surface area contributed by atoms with E-state index >= 15 is 0 Å². The number of amides is 2. The standard InChI is InChI=1S/C26H27NO2/c1-25(2,3)20-12-8-10-17(22(20)26(4,5)6)15-13-14-19-21-16(15)9-7-11-18(21)23(28)27-24(19)29/h7-14H,1-6H3,(H,27,28,29). The maximum absolute atomic E-state index is 12.4. The van der Waals surface area contributed by atoms with Crippen molar-refractivity contribution in [2.45, 2.75) is 52.4 Å². The van der Waals surface area contributed by atoms with Crippen LogP contribution in [0.2, 0.25) is 0 Å². The molecule has 3 nitrogen and oxygen atoms in total. The third-order valence-corrected chi connectivity index (χ3v) is 5.67. The normalized spacial score (nSPS) is 14.3. The Labute approximate surface area is 172 Å². The number of hydrogen-bond donors (Lipinski definition) is 1. The number of hydrogen-bond acceptors (Lipinski definition) is 2. The van der Waals surface area contributed by atoms with Gasteiger partial charge in [0.05, 0.1) is 0 Å². The van der Waals surface area contributed by atoms with Gasteiger partial charge in [0.1, 0.15) is 0 Å². The van der Waals surface area contributed by atoms with Crippen LogP contribution in [-0.4, -0.2) is 11.8 Å². The van der Waals surface area contributed by atoms with Crippen molar-refractivity contribution in [2.75, 3.05) is 0 Å². The van der Waals surface area contributed by atoms with Gasteiger partial charge in [-0.1, -0.05) is 77.9 Å². The fourth-order valence-electron chi connectivity index (χ4n) is 4.47. The van der Waals surface area contributed by atoms with Gasteiger partial charge in [-0.2, -0.15) is 0 Å². The van der Waals surface area contributed by atoms with Gasteiger partial charge in [0.25, 0.3) is 11.8 Å². The zero-order chi connectivity index (χ0) is 21.1. The lowest BCUT2D eigenvalue weighted by atomic mass is 9.72. The average Bonchev–Trinajstić information content (AvgIpc) is 2.63. The molecule has 0 saturated carbocycles. The van der Waals surface area contributed by atoms with Crippen LogP contribution in [0.15, 0.2) is 48.5 Å². The Bertz CT molecular complexity index is 1150. The number of carbonyl (C=O) groups is 2. The molecule has 0 unspecified atom stereocenters. The van der Waals surface area contributed by atoms with E-state index in [4.69, 9.17) is 0 Å². The van der Waals surface area contributed by atoms with Crippen LogP contribution in [0, 0.1) is 0 Å². The summed E-state index contributed by atoms with van der Waals surface area (Å²) in [5.41, 5.74) is 5.90. The van der Waals surface area contributed by atoms with E-state index in [1.165, 1.54) is 11.1 Å². The molecule has 0 saturated heterocycles. The molecule has 3 heteroatoms. The molecule has 0 radical (unpaired) electrons. The molecular formula is C26H27NO2. The van der Waals surface area contributed by atoms with E-state index in [1.807, 2.05) is 24.3 Å². The second-order valence-electron chi connectivity index (χ2n) is 9.90. The molecule has 0 atom stereocenters. The molecule has 3 aromatic carbocycles. The van der Waals surface area contributed by atoms with E-state index in [1.54, 1.807) is 6.07 Å². The van der Waals surface area contributed by atoms with Crippen LogP contribution in [0.1, 0.15) is 73.4 Å². The van der Waals surface area contributed by atoms with E-state index in [9.17, 15) is 9.59 Å². The fraction of sp³-hybridized carbons (Fsp3) is 0.308. The van der Waals surface area contributed by atoms with Gasteiger partial charge < -0.3 is 0 Å². The van der Waals surface area contributed by atoms with E-state index < -0.39 is 0 Å². The summed E-state index contributed by atoms with van der Waals surface area (Å²) in [4.78, 5) is 24.8. The minimum atomic E-state index is -0.329. The number of benzene rings is 3. The quantitative estimate of drug-likeness (QED) is 0.523. The molecule has 148 valence electrons. The summed E-state index contributed by atoms with van der Waals surface area (Å²) in [6.45, 7) is 13.4. The Morgan fingerprint density at radius 2 is 1.17 bits per heavy atom. The van der Waals surface area contributed by atoms with Gasteiger partial charge in [-0.25, -0.2) is 0 Å². The highest BCUT2D eigenvalue weighted by Crippen LogP contribution is 2.43. The molecule has 4 rings (SSSR count). The number of nitrogens with one attached hydrogen (secondary N) is 1. The van der Waals surface area contributed by atoms with Gasteiger partial charge in [0.15, 0.2) is 0 Å². The van der Waals surface area contributed by atoms with Crippen molar-refractivity contribution in [2.24, 2.45) is 0 Å². The Balaban J connectivity index is 2.13. The Hall–Kier alpha value is -2.94.